The van der Waals surface area contributed by atoms with E-state index < -0.39 is 0 Å². The fourth-order valence-corrected chi connectivity index (χ4v) is 0.290. The van der Waals surface area contributed by atoms with Crippen molar-refractivity contribution < 1.29 is 4.79 Å². The number of likely N-dealkylation sites (N-methyl/N-ethyl adjacent to an activating group) is 1. The molecule has 1 amide bonds. The van der Waals surface area contributed by atoms with Gasteiger partial charge in [0, 0.05) is 7.05 Å². The number of carbonyl (C=O) groups excluding carboxylic acids is 1. The van der Waals surface area contributed by atoms with Gasteiger partial charge in [0.1, 0.15) is 0 Å². The quantitative estimate of drug-likeness (QED) is 0.503. The number of nitrogens with one attached hydrogen (secondary N) is 2. The van der Waals surface area contributed by atoms with E-state index in [1.165, 1.54) is 0 Å². The number of amides is 1. The van der Waals surface area contributed by atoms with Crippen LogP contribution in [0.2, 0.25) is 0 Å². The number of rotatable bonds is 3. The minimum absolute atomic E-state index is 0.00588. The maximum absolute atomic E-state index is 10.4. The van der Waals surface area contributed by atoms with E-state index >= 15 is 0 Å². The molecule has 0 aliphatic carbocycles. The van der Waals surface area contributed by atoms with Gasteiger partial charge in [0.15, 0.2) is 0 Å². The topological polar surface area (TPSA) is 41.1 Å². The van der Waals surface area contributed by atoms with E-state index in [1.54, 1.807) is 7.05 Å². The second-order valence-electron chi connectivity index (χ2n) is 1.35. The first kappa shape index (κ1) is 7.43. The van der Waals surface area contributed by atoms with Crippen molar-refractivity contribution in [2.75, 3.05) is 20.1 Å². The highest BCUT2D eigenvalue weighted by Gasteiger charge is 1.91. The van der Waals surface area contributed by atoms with E-state index in [4.69, 9.17) is 0 Å². The summed E-state index contributed by atoms with van der Waals surface area (Å²) in [6.07, 6.45) is 0. The van der Waals surface area contributed by atoms with E-state index in [9.17, 15) is 4.79 Å². The molecule has 0 rings (SSSR count). The van der Waals surface area contributed by atoms with Crippen molar-refractivity contribution in [3.63, 3.8) is 0 Å². The number of carbonyl (C=O) groups is 1. The molecular weight excluding hydrogens is 104 g/mol. The van der Waals surface area contributed by atoms with Gasteiger partial charge in [-0.15, -0.1) is 0 Å². The predicted molar refractivity (Wildman–Crippen MR) is 32.3 cm³/mol. The van der Waals surface area contributed by atoms with Gasteiger partial charge in [0.05, 0.1) is 6.54 Å². The van der Waals surface area contributed by atoms with Gasteiger partial charge < -0.3 is 10.6 Å². The van der Waals surface area contributed by atoms with Crippen LogP contribution in [-0.4, -0.2) is 26.0 Å². The van der Waals surface area contributed by atoms with Crippen LogP contribution in [-0.2, 0) is 4.79 Å². The highest BCUT2D eigenvalue weighted by molar-refractivity contribution is 5.77. The maximum atomic E-state index is 10.4. The van der Waals surface area contributed by atoms with Crippen LogP contribution in [0, 0.1) is 6.92 Å². The van der Waals surface area contributed by atoms with E-state index in [1.807, 2.05) is 0 Å². The first-order chi connectivity index (χ1) is 3.81. The Bertz CT molecular complexity index is 72.8. The van der Waals surface area contributed by atoms with Crippen LogP contribution in [0.1, 0.15) is 0 Å². The first-order valence-electron chi connectivity index (χ1n) is 2.51. The standard InChI is InChI=1S/C5H11N2O/c1-3-7-4-5(8)6-2/h7H,1,3-4H2,2H3,(H,6,8). The zero-order valence-corrected chi connectivity index (χ0v) is 5.03. The summed E-state index contributed by atoms with van der Waals surface area (Å²) in [5.74, 6) is -0.00588. The lowest BCUT2D eigenvalue weighted by molar-refractivity contribution is -0.119. The number of hydrogen-bond donors (Lipinski definition) is 2. The van der Waals surface area contributed by atoms with Gasteiger partial charge in [-0.25, -0.2) is 0 Å². The van der Waals surface area contributed by atoms with Crippen molar-refractivity contribution in [2.24, 2.45) is 0 Å². The molecule has 0 aromatic heterocycles. The third-order valence-corrected chi connectivity index (χ3v) is 0.741. The SMILES string of the molecule is [CH2]CNCC(=O)NC. The maximum Gasteiger partial charge on any atom is 0.233 e. The summed E-state index contributed by atoms with van der Waals surface area (Å²) in [6, 6.07) is 0. The molecule has 0 spiro atoms. The molecule has 3 heteroatoms. The van der Waals surface area contributed by atoms with Crippen LogP contribution >= 0.6 is 0 Å². The molecule has 0 saturated carbocycles. The molecule has 0 atom stereocenters. The smallest absolute Gasteiger partial charge is 0.233 e. The monoisotopic (exact) mass is 115 g/mol. The zero-order chi connectivity index (χ0) is 6.41. The Morgan fingerprint density at radius 3 is 2.75 bits per heavy atom. The molecule has 3 nitrogen and oxygen atoms in total. The lowest BCUT2D eigenvalue weighted by Crippen LogP contribution is -2.31. The second-order valence-corrected chi connectivity index (χ2v) is 1.35. The van der Waals surface area contributed by atoms with E-state index in [0.29, 0.717) is 13.1 Å². The Morgan fingerprint density at radius 2 is 2.38 bits per heavy atom. The summed E-state index contributed by atoms with van der Waals surface area (Å²) < 4.78 is 0. The van der Waals surface area contributed by atoms with Crippen molar-refractivity contribution in [3.05, 3.63) is 6.92 Å². The van der Waals surface area contributed by atoms with E-state index in [2.05, 4.69) is 17.6 Å². The van der Waals surface area contributed by atoms with Gasteiger partial charge in [-0.1, -0.05) is 0 Å². The molecule has 0 aromatic carbocycles. The highest BCUT2D eigenvalue weighted by Crippen LogP contribution is 1.57. The summed E-state index contributed by atoms with van der Waals surface area (Å²) in [4.78, 5) is 10.4. The average Bonchev–Trinajstić information content (AvgIpc) is 1.83. The van der Waals surface area contributed by atoms with Crippen LogP contribution in [0.25, 0.3) is 0 Å². The summed E-state index contributed by atoms with van der Waals surface area (Å²) in [5, 5.41) is 5.25. The fraction of sp³-hybridized carbons (Fsp3) is 0.600. The Labute approximate surface area is 49.5 Å². The van der Waals surface area contributed by atoms with E-state index in [0.717, 1.165) is 0 Å². The molecule has 47 valence electrons. The third kappa shape index (κ3) is 3.61. The summed E-state index contributed by atoms with van der Waals surface area (Å²) in [7, 11) is 1.60. The fourth-order valence-electron chi connectivity index (χ4n) is 0.290. The third-order valence-electron chi connectivity index (χ3n) is 0.741. The van der Waals surface area contributed by atoms with Crippen LogP contribution in [0.5, 0.6) is 0 Å². The molecule has 0 fully saturated rings. The molecule has 0 bridgehead atoms. The minimum atomic E-state index is -0.00588. The highest BCUT2D eigenvalue weighted by atomic mass is 16.1. The Balaban J connectivity index is 2.99. The summed E-state index contributed by atoms with van der Waals surface area (Å²) in [5.41, 5.74) is 0. The van der Waals surface area contributed by atoms with Gasteiger partial charge in [0.2, 0.25) is 5.91 Å². The Morgan fingerprint density at radius 1 is 1.75 bits per heavy atom. The molecule has 0 saturated heterocycles. The van der Waals surface area contributed by atoms with Gasteiger partial charge in [-0.3, -0.25) is 4.79 Å². The molecule has 0 aliphatic heterocycles. The van der Waals surface area contributed by atoms with E-state index in [-0.39, 0.29) is 5.91 Å². The molecule has 0 aliphatic rings. The van der Waals surface area contributed by atoms with Crippen LogP contribution in [0.3, 0.4) is 0 Å². The molecule has 8 heavy (non-hydrogen) atoms. The second kappa shape index (κ2) is 4.59. The molecule has 0 aromatic rings. The van der Waals surface area contributed by atoms with Gasteiger partial charge in [0.25, 0.3) is 0 Å². The van der Waals surface area contributed by atoms with Crippen molar-refractivity contribution >= 4 is 5.91 Å². The number of hydrogen-bond acceptors (Lipinski definition) is 2. The van der Waals surface area contributed by atoms with Crippen molar-refractivity contribution in [1.82, 2.24) is 10.6 Å². The van der Waals surface area contributed by atoms with Crippen LogP contribution in [0.4, 0.5) is 0 Å². The molecule has 0 heterocycles. The van der Waals surface area contributed by atoms with Crippen molar-refractivity contribution in [3.8, 4) is 0 Å². The minimum Gasteiger partial charge on any atom is -0.358 e. The zero-order valence-electron chi connectivity index (χ0n) is 5.03. The lowest BCUT2D eigenvalue weighted by Gasteiger charge is -1.97. The summed E-state index contributed by atoms with van der Waals surface area (Å²) >= 11 is 0. The average molecular weight is 115 g/mol. The Kier molecular flexibility index (Phi) is 4.26. The molecule has 2 N–H and O–H groups in total. The van der Waals surface area contributed by atoms with Crippen LogP contribution in [0.15, 0.2) is 0 Å². The van der Waals surface area contributed by atoms with Gasteiger partial charge in [-0.05, 0) is 13.5 Å². The summed E-state index contributed by atoms with van der Waals surface area (Å²) in [6.45, 7) is 4.45. The van der Waals surface area contributed by atoms with Crippen LogP contribution < -0.4 is 10.6 Å². The normalized spacial score (nSPS) is 8.75. The first-order valence-corrected chi connectivity index (χ1v) is 2.51. The molecule has 1 radical (unpaired) electrons. The molecule has 0 unspecified atom stereocenters. The van der Waals surface area contributed by atoms with Gasteiger partial charge >= 0.3 is 0 Å². The lowest BCUT2D eigenvalue weighted by atomic mass is 10.6. The largest absolute Gasteiger partial charge is 0.358 e. The van der Waals surface area contributed by atoms with Crippen molar-refractivity contribution in [2.45, 2.75) is 0 Å². The molecular formula is C5H11N2O. The van der Waals surface area contributed by atoms with Crippen molar-refractivity contribution in [1.29, 1.82) is 0 Å². The predicted octanol–water partition coefficient (Wildman–Crippen LogP) is -0.844. The van der Waals surface area contributed by atoms with Gasteiger partial charge in [-0.2, -0.15) is 0 Å². The Hall–Kier alpha value is -0.570.